The number of fused-ring (bicyclic) bond motifs is 1. The minimum Gasteiger partial charge on any atom is -0.494 e. The van der Waals surface area contributed by atoms with Crippen LogP contribution in [-0.2, 0) is 48.7 Å². The molecule has 1 fully saturated rings. The van der Waals surface area contributed by atoms with Crippen molar-refractivity contribution >= 4 is 46.6 Å². The molecule has 0 bridgehead atoms. The number of allylic oxidation sites excluding steroid dienone is 7. The minimum atomic E-state index is -0.754. The summed E-state index contributed by atoms with van der Waals surface area (Å²) >= 11 is 7.18. The number of amides is 4. The van der Waals surface area contributed by atoms with Crippen LogP contribution in [0.2, 0.25) is 5.02 Å². The van der Waals surface area contributed by atoms with Crippen LogP contribution in [0.3, 0.4) is 0 Å². The molecule has 3 aromatic rings. The predicted octanol–water partition coefficient (Wildman–Crippen LogP) is 8.13. The van der Waals surface area contributed by atoms with E-state index in [2.05, 4.69) is 59.8 Å². The molecule has 1 N–H and O–H groups in total. The van der Waals surface area contributed by atoms with Crippen molar-refractivity contribution in [2.45, 2.75) is 123 Å². The second-order valence-corrected chi connectivity index (χ2v) is 19.1. The van der Waals surface area contributed by atoms with Crippen LogP contribution in [0.15, 0.2) is 70.6 Å². The van der Waals surface area contributed by atoms with E-state index in [-0.39, 0.29) is 25.0 Å². The summed E-state index contributed by atoms with van der Waals surface area (Å²) in [6, 6.07) is 3.48. The van der Waals surface area contributed by atoms with Crippen LogP contribution < -0.4 is 5.32 Å². The number of rotatable bonds is 17. The first kappa shape index (κ1) is 48.2. The predicted molar refractivity (Wildman–Crippen MR) is 262 cm³/mol. The Labute approximate surface area is 400 Å². The molecule has 2 unspecified atom stereocenters. The Bertz CT molecular complexity index is 2540. The van der Waals surface area contributed by atoms with Gasteiger partial charge in [-0.2, -0.15) is 5.10 Å². The zero-order chi connectivity index (χ0) is 47.2. The molecule has 0 spiro atoms. The van der Waals surface area contributed by atoms with E-state index in [0.717, 1.165) is 104 Å². The van der Waals surface area contributed by atoms with Gasteiger partial charge in [-0.3, -0.25) is 34.1 Å². The third-order valence-electron chi connectivity index (χ3n) is 14.7. The largest absolute Gasteiger partial charge is 0.494 e. The van der Waals surface area contributed by atoms with Crippen molar-refractivity contribution in [1.82, 2.24) is 34.4 Å². The summed E-state index contributed by atoms with van der Waals surface area (Å²) in [5, 5.41) is 8.96. The highest BCUT2D eigenvalue weighted by atomic mass is 35.5. The van der Waals surface area contributed by atoms with Gasteiger partial charge in [-0.05, 0) is 126 Å². The van der Waals surface area contributed by atoms with Crippen LogP contribution in [0.1, 0.15) is 100 Å². The van der Waals surface area contributed by atoms with Gasteiger partial charge in [0, 0.05) is 86.3 Å². The molecular formula is C53H68ClN7O6. The molecular weight excluding hydrogens is 866 g/mol. The Balaban J connectivity index is 0.928. The Hall–Kier alpha value is -5.24. The van der Waals surface area contributed by atoms with Crippen molar-refractivity contribution in [2.75, 3.05) is 52.5 Å². The van der Waals surface area contributed by atoms with Gasteiger partial charge in [0.15, 0.2) is 0 Å². The lowest BCUT2D eigenvalue weighted by Gasteiger charge is -2.35. The fourth-order valence-corrected chi connectivity index (χ4v) is 11.2. The number of hydrogen-bond acceptors (Lipinski definition) is 8. The van der Waals surface area contributed by atoms with Crippen LogP contribution in [-0.4, -0.2) is 118 Å². The Morgan fingerprint density at radius 2 is 1.81 bits per heavy atom. The third kappa shape index (κ3) is 10.3. The van der Waals surface area contributed by atoms with E-state index in [1.165, 1.54) is 40.6 Å². The molecule has 0 saturated carbocycles. The van der Waals surface area contributed by atoms with Crippen molar-refractivity contribution in [3.8, 4) is 11.1 Å². The zero-order valence-electron chi connectivity index (χ0n) is 40.1. The van der Waals surface area contributed by atoms with Crippen LogP contribution in [0.5, 0.6) is 0 Å². The van der Waals surface area contributed by atoms with E-state index in [1.807, 2.05) is 41.8 Å². The lowest BCUT2D eigenvalue weighted by atomic mass is 9.91. The molecule has 0 radical (unpaired) electrons. The molecule has 13 nitrogen and oxygen atoms in total. The first-order valence-corrected chi connectivity index (χ1v) is 24.9. The average molecular weight is 935 g/mol. The Morgan fingerprint density at radius 3 is 2.57 bits per heavy atom. The number of imide groups is 1. The summed E-state index contributed by atoms with van der Waals surface area (Å²) in [5.41, 5.74) is 12.1. The second kappa shape index (κ2) is 21.8. The van der Waals surface area contributed by atoms with Crippen molar-refractivity contribution in [3.05, 3.63) is 98.2 Å². The fraction of sp³-hybridized carbons (Fsp3) is 0.528. The topological polar surface area (TPSA) is 131 Å². The van der Waals surface area contributed by atoms with Crippen molar-refractivity contribution < 1.29 is 28.7 Å². The van der Waals surface area contributed by atoms with Gasteiger partial charge in [-0.25, -0.2) is 0 Å². The second-order valence-electron chi connectivity index (χ2n) is 18.7. The summed E-state index contributed by atoms with van der Waals surface area (Å²) in [6.45, 7) is 13.4. The van der Waals surface area contributed by atoms with Crippen molar-refractivity contribution in [2.24, 2.45) is 7.05 Å². The van der Waals surface area contributed by atoms with Crippen molar-refractivity contribution in [1.29, 1.82) is 0 Å². The number of ether oxygens (including phenoxy) is 2. The number of aryl methyl sites for hydroxylation is 3. The van der Waals surface area contributed by atoms with Gasteiger partial charge in [-0.1, -0.05) is 55.3 Å². The summed E-state index contributed by atoms with van der Waals surface area (Å²) in [7, 11) is 1.98. The molecule has 1 saturated heterocycles. The molecule has 67 heavy (non-hydrogen) atoms. The maximum Gasteiger partial charge on any atom is 0.251 e. The third-order valence-corrected chi connectivity index (χ3v) is 15.0. The summed E-state index contributed by atoms with van der Waals surface area (Å²) < 4.78 is 17.3. The van der Waals surface area contributed by atoms with Crippen LogP contribution in [0.25, 0.3) is 22.0 Å². The normalized spacial score (nSPS) is 20.1. The maximum absolute atomic E-state index is 13.7. The van der Waals surface area contributed by atoms with E-state index in [4.69, 9.17) is 26.2 Å². The van der Waals surface area contributed by atoms with Crippen molar-refractivity contribution in [3.63, 3.8) is 0 Å². The van der Waals surface area contributed by atoms with Gasteiger partial charge in [0.25, 0.3) is 5.91 Å². The van der Waals surface area contributed by atoms with E-state index < -0.39 is 18.1 Å². The molecule has 2 atom stereocenters. The molecule has 4 heterocycles. The lowest BCUT2D eigenvalue weighted by molar-refractivity contribution is -0.139. The summed E-state index contributed by atoms with van der Waals surface area (Å²) in [4.78, 5) is 57.3. The number of hydrogen-bond donors (Lipinski definition) is 1. The summed E-state index contributed by atoms with van der Waals surface area (Å²) in [6.07, 6.45) is 21.1. The zero-order valence-corrected chi connectivity index (χ0v) is 40.9. The number of carbonyl (C=O) groups is 4. The molecule has 2 aromatic heterocycles. The SMILES string of the molecule is CCCC(C(=O)NC=O)N1CC2=C(C/C=C\CCC2OCC(=O)N2CCN(CCn3c(C)c(CCCOC4=CCC=CC5=C4CCCC5)c4ccc(Cl)c(-c5c(C)nn(C)c5C)c43)CC2)C1=O. The number of halogens is 1. The van der Waals surface area contributed by atoms with E-state index in [0.29, 0.717) is 62.4 Å². The van der Waals surface area contributed by atoms with E-state index in [1.54, 1.807) is 4.90 Å². The standard InChI is InChI=1S/C53H68ClN7O6/c1-6-15-45(52(64)55-34-62)61-32-43-42(53(61)65)19-8-7-9-21-47(43)67-33-48(63)59-28-25-58(26-29-59)27-30-60-36(3)39(20-14-31-66-46-22-13-11-17-38-16-10-12-18-40(38)46)41-23-24-44(54)50(51(41)60)49-35(2)56-57(5)37(49)4/h7-8,11,17,22-24,34,45,47H,6,9-10,12-16,18-21,25-33H2,1-5H3,(H,55,62,64)/b8-7-. The van der Waals surface area contributed by atoms with Crippen LogP contribution in [0.4, 0.5) is 0 Å². The van der Waals surface area contributed by atoms with E-state index >= 15 is 0 Å². The van der Waals surface area contributed by atoms with Gasteiger partial charge in [0.2, 0.25) is 18.2 Å². The average Bonchev–Trinajstić information content (AvgIpc) is 3.79. The maximum atomic E-state index is 13.7. The van der Waals surface area contributed by atoms with Gasteiger partial charge in [0.05, 0.1) is 28.9 Å². The highest BCUT2D eigenvalue weighted by Gasteiger charge is 2.40. The van der Waals surface area contributed by atoms with E-state index in [9.17, 15) is 19.2 Å². The molecule has 358 valence electrons. The minimum absolute atomic E-state index is 0.0694. The molecule has 4 amide bonds. The highest BCUT2D eigenvalue weighted by molar-refractivity contribution is 6.35. The molecule has 2 aliphatic heterocycles. The lowest BCUT2D eigenvalue weighted by Crippen LogP contribution is -2.50. The molecule has 5 aliphatic rings. The number of nitrogens with one attached hydrogen (secondary N) is 1. The van der Waals surface area contributed by atoms with Gasteiger partial charge in [0.1, 0.15) is 18.4 Å². The monoisotopic (exact) mass is 933 g/mol. The Morgan fingerprint density at radius 1 is 1.00 bits per heavy atom. The fourth-order valence-electron chi connectivity index (χ4n) is 11.0. The van der Waals surface area contributed by atoms with Crippen LogP contribution in [0, 0.1) is 20.8 Å². The number of benzene rings is 1. The number of nitrogens with zero attached hydrogens (tertiary/aromatic N) is 6. The number of piperazine rings is 1. The quantitative estimate of drug-likeness (QED) is 0.0816. The molecule has 1 aromatic carbocycles. The Kier molecular flexibility index (Phi) is 15.7. The molecule has 8 rings (SSSR count). The molecule has 14 heteroatoms. The van der Waals surface area contributed by atoms with Gasteiger partial charge >= 0.3 is 0 Å². The first-order chi connectivity index (χ1) is 32.5. The van der Waals surface area contributed by atoms with Gasteiger partial charge < -0.3 is 23.8 Å². The number of carbonyl (C=O) groups excluding carboxylic acids is 4. The smallest absolute Gasteiger partial charge is 0.251 e. The van der Waals surface area contributed by atoms with Crippen LogP contribution >= 0.6 is 11.6 Å². The molecule has 3 aliphatic carbocycles. The number of aromatic nitrogens is 3. The first-order valence-electron chi connectivity index (χ1n) is 24.6. The van der Waals surface area contributed by atoms with Gasteiger partial charge in [-0.15, -0.1) is 0 Å². The highest BCUT2D eigenvalue weighted by Crippen LogP contribution is 2.42. The summed E-state index contributed by atoms with van der Waals surface area (Å²) in [5.74, 6) is 0.311.